The molecule has 2 N–H and O–H groups in total. The van der Waals surface area contributed by atoms with Gasteiger partial charge in [-0.3, -0.25) is 9.59 Å². The monoisotopic (exact) mass is 446 g/mol. The number of rotatable bonds is 12. The van der Waals surface area contributed by atoms with Crippen LogP contribution in [0.5, 0.6) is 0 Å². The molecule has 6 atom stereocenters. The Balaban J connectivity index is 1.96. The highest BCUT2D eigenvalue weighted by molar-refractivity contribution is 5.80. The Bertz CT molecular complexity index is 711. The molecule has 0 radical (unpaired) electrons. The van der Waals surface area contributed by atoms with Crippen LogP contribution in [-0.4, -0.2) is 53.7 Å². The summed E-state index contributed by atoms with van der Waals surface area (Å²) in [7, 11) is 1.61. The Morgan fingerprint density at radius 2 is 1.91 bits per heavy atom. The van der Waals surface area contributed by atoms with E-state index in [0.29, 0.717) is 12.3 Å². The van der Waals surface area contributed by atoms with E-state index in [9.17, 15) is 14.7 Å². The van der Waals surface area contributed by atoms with Gasteiger partial charge in [0.15, 0.2) is 0 Å². The van der Waals surface area contributed by atoms with Crippen LogP contribution < -0.4 is 5.32 Å². The van der Waals surface area contributed by atoms with Crippen LogP contribution in [0, 0.1) is 11.8 Å². The van der Waals surface area contributed by atoms with E-state index in [1.54, 1.807) is 14.0 Å². The van der Waals surface area contributed by atoms with Crippen molar-refractivity contribution < 1.29 is 19.4 Å². The van der Waals surface area contributed by atoms with E-state index < -0.39 is 18.1 Å². The largest absolute Gasteiger partial charge is 0.386 e. The van der Waals surface area contributed by atoms with Gasteiger partial charge < -0.3 is 20.1 Å². The second-order valence-corrected chi connectivity index (χ2v) is 9.34. The first-order chi connectivity index (χ1) is 15.3. The number of methoxy groups -OCH3 is 1. The molecule has 1 aromatic rings. The van der Waals surface area contributed by atoms with Gasteiger partial charge in [0.25, 0.3) is 0 Å². The molecule has 0 spiro atoms. The van der Waals surface area contributed by atoms with Gasteiger partial charge in [0.2, 0.25) is 11.8 Å². The summed E-state index contributed by atoms with van der Waals surface area (Å²) >= 11 is 0. The summed E-state index contributed by atoms with van der Waals surface area (Å²) in [6, 6.07) is 8.79. The molecule has 32 heavy (non-hydrogen) atoms. The number of aliphatic hydroxyl groups excluding tert-OH is 1. The van der Waals surface area contributed by atoms with Crippen LogP contribution in [0.25, 0.3) is 0 Å². The standard InChI is InChI=1S/C26H42N2O4/c1-6-18(2)12-10-16-23(29)28-17-11-15-22(28)25(32-5)19(3)26(31)27-20(4)24(30)21-13-8-7-9-14-21/h7-9,13-14,18-20,22,24-25,30H,6,10-12,15-17H2,1-5H3,(H,27,31)/t18-,19+,20+,22-,24?,25+/m0/s1. The Morgan fingerprint density at radius 3 is 2.53 bits per heavy atom. The third-order valence-electron chi connectivity index (χ3n) is 6.95. The quantitative estimate of drug-likeness (QED) is 0.507. The average Bonchev–Trinajstić information content (AvgIpc) is 3.28. The first-order valence-corrected chi connectivity index (χ1v) is 12.2. The molecular weight excluding hydrogens is 404 g/mol. The zero-order valence-corrected chi connectivity index (χ0v) is 20.4. The zero-order chi connectivity index (χ0) is 23.7. The van der Waals surface area contributed by atoms with E-state index in [4.69, 9.17) is 4.74 Å². The van der Waals surface area contributed by atoms with E-state index in [2.05, 4.69) is 19.2 Å². The van der Waals surface area contributed by atoms with Gasteiger partial charge >= 0.3 is 0 Å². The molecule has 6 nitrogen and oxygen atoms in total. The number of ether oxygens (including phenoxy) is 1. The van der Waals surface area contributed by atoms with Gasteiger partial charge in [0.1, 0.15) is 0 Å². The Hall–Kier alpha value is -1.92. The number of likely N-dealkylation sites (tertiary alicyclic amines) is 1. The summed E-state index contributed by atoms with van der Waals surface area (Å²) in [5.74, 6) is 0.193. The number of carbonyl (C=O) groups is 2. The summed E-state index contributed by atoms with van der Waals surface area (Å²) in [6.07, 6.45) is 4.26. The molecule has 2 rings (SSSR count). The summed E-state index contributed by atoms with van der Waals surface area (Å²) in [5.41, 5.74) is 0.765. The number of hydrogen-bond acceptors (Lipinski definition) is 4. The van der Waals surface area contributed by atoms with Crippen molar-refractivity contribution in [3.05, 3.63) is 35.9 Å². The molecule has 0 bridgehead atoms. The minimum absolute atomic E-state index is 0.0915. The predicted molar refractivity (Wildman–Crippen MR) is 127 cm³/mol. The molecule has 1 unspecified atom stereocenters. The highest BCUT2D eigenvalue weighted by Crippen LogP contribution is 2.28. The van der Waals surface area contributed by atoms with E-state index in [1.165, 1.54) is 0 Å². The first-order valence-electron chi connectivity index (χ1n) is 12.2. The van der Waals surface area contributed by atoms with E-state index in [0.717, 1.165) is 44.2 Å². The van der Waals surface area contributed by atoms with Gasteiger partial charge in [0.05, 0.1) is 30.2 Å². The second kappa shape index (κ2) is 12.9. The van der Waals surface area contributed by atoms with Crippen molar-refractivity contribution in [1.29, 1.82) is 0 Å². The molecule has 0 aliphatic carbocycles. The summed E-state index contributed by atoms with van der Waals surface area (Å²) in [4.78, 5) is 27.8. The zero-order valence-electron chi connectivity index (χ0n) is 20.4. The molecule has 1 fully saturated rings. The third kappa shape index (κ3) is 7.04. The number of carbonyl (C=O) groups excluding carboxylic acids is 2. The Kier molecular flexibility index (Phi) is 10.7. The van der Waals surface area contributed by atoms with Gasteiger partial charge in [-0.25, -0.2) is 0 Å². The van der Waals surface area contributed by atoms with Crippen LogP contribution in [0.1, 0.15) is 77.9 Å². The third-order valence-corrected chi connectivity index (χ3v) is 6.95. The normalized spacial score (nSPS) is 20.9. The maximum absolute atomic E-state index is 13.0. The fourth-order valence-electron chi connectivity index (χ4n) is 4.61. The fraction of sp³-hybridized carbons (Fsp3) is 0.692. The minimum Gasteiger partial charge on any atom is -0.386 e. The highest BCUT2D eigenvalue weighted by Gasteiger charge is 2.39. The Labute approximate surface area is 193 Å². The fourth-order valence-corrected chi connectivity index (χ4v) is 4.61. The number of benzene rings is 1. The first kappa shape index (κ1) is 26.3. The average molecular weight is 447 g/mol. The van der Waals surface area contributed by atoms with Crippen LogP contribution in [-0.2, 0) is 14.3 Å². The van der Waals surface area contributed by atoms with Crippen molar-refractivity contribution in [2.75, 3.05) is 13.7 Å². The van der Waals surface area contributed by atoms with Gasteiger partial charge in [0, 0.05) is 20.1 Å². The van der Waals surface area contributed by atoms with Crippen molar-refractivity contribution in [1.82, 2.24) is 10.2 Å². The maximum Gasteiger partial charge on any atom is 0.225 e. The van der Waals surface area contributed by atoms with Crippen molar-refractivity contribution in [2.45, 2.75) is 90.5 Å². The molecule has 0 saturated carbocycles. The minimum atomic E-state index is -0.789. The number of amides is 2. The predicted octanol–water partition coefficient (Wildman–Crippen LogP) is 4.08. The molecular formula is C26H42N2O4. The SMILES string of the molecule is CC[C@H](C)CCCC(=O)N1CCC[C@H]1[C@H](OC)[C@@H](C)C(=O)N[C@H](C)C(O)c1ccccc1. The lowest BCUT2D eigenvalue weighted by molar-refractivity contribution is -0.140. The lowest BCUT2D eigenvalue weighted by atomic mass is 9.93. The molecule has 1 aromatic carbocycles. The Morgan fingerprint density at radius 1 is 1.22 bits per heavy atom. The molecule has 1 aliphatic rings. The van der Waals surface area contributed by atoms with Crippen LogP contribution >= 0.6 is 0 Å². The lowest BCUT2D eigenvalue weighted by Crippen LogP contribution is -2.51. The number of nitrogens with zero attached hydrogens (tertiary/aromatic N) is 1. The van der Waals surface area contributed by atoms with Crippen LogP contribution in [0.3, 0.4) is 0 Å². The molecule has 0 aromatic heterocycles. The van der Waals surface area contributed by atoms with E-state index in [1.807, 2.05) is 42.2 Å². The molecule has 1 heterocycles. The van der Waals surface area contributed by atoms with Crippen LogP contribution in [0.2, 0.25) is 0 Å². The summed E-state index contributed by atoms with van der Waals surface area (Å²) < 4.78 is 5.77. The molecule has 2 amide bonds. The van der Waals surface area contributed by atoms with Gasteiger partial charge in [-0.1, -0.05) is 63.9 Å². The van der Waals surface area contributed by atoms with Crippen molar-refractivity contribution in [3.8, 4) is 0 Å². The second-order valence-electron chi connectivity index (χ2n) is 9.34. The number of aliphatic hydroxyl groups is 1. The smallest absolute Gasteiger partial charge is 0.225 e. The number of hydrogen-bond donors (Lipinski definition) is 2. The van der Waals surface area contributed by atoms with Crippen molar-refractivity contribution in [3.63, 3.8) is 0 Å². The van der Waals surface area contributed by atoms with Crippen molar-refractivity contribution in [2.24, 2.45) is 11.8 Å². The van der Waals surface area contributed by atoms with Crippen molar-refractivity contribution >= 4 is 11.8 Å². The molecule has 6 heteroatoms. The van der Waals surface area contributed by atoms with Gasteiger partial charge in [-0.05, 0) is 37.7 Å². The topological polar surface area (TPSA) is 78.9 Å². The van der Waals surface area contributed by atoms with E-state index in [-0.39, 0.29) is 24.0 Å². The lowest BCUT2D eigenvalue weighted by Gasteiger charge is -2.34. The molecule has 1 saturated heterocycles. The van der Waals surface area contributed by atoms with Gasteiger partial charge in [-0.15, -0.1) is 0 Å². The van der Waals surface area contributed by atoms with Gasteiger partial charge in [-0.2, -0.15) is 0 Å². The highest BCUT2D eigenvalue weighted by atomic mass is 16.5. The summed E-state index contributed by atoms with van der Waals surface area (Å²) in [6.45, 7) is 8.77. The van der Waals surface area contributed by atoms with Crippen LogP contribution in [0.4, 0.5) is 0 Å². The number of nitrogens with one attached hydrogen (secondary N) is 1. The van der Waals surface area contributed by atoms with E-state index >= 15 is 0 Å². The van der Waals surface area contributed by atoms with Crippen LogP contribution in [0.15, 0.2) is 30.3 Å². The summed E-state index contributed by atoms with van der Waals surface area (Å²) in [5, 5.41) is 13.5. The molecule has 180 valence electrons. The molecule has 1 aliphatic heterocycles. The maximum atomic E-state index is 13.0.